The molecule has 39 heteroatoms. The predicted molar refractivity (Wildman–Crippen MR) is 328 cm³/mol. The number of carbonyl (C=O) groups is 8. The Balaban J connectivity index is 0.738. The Morgan fingerprint density at radius 3 is 2.20 bits per heavy atom. The van der Waals surface area contributed by atoms with Crippen LogP contribution >= 0.6 is 25.8 Å². The monoisotopic (exact) mass is 1360 g/mol. The molecule has 4 aliphatic rings. The number of unbranched alkanes of at least 4 members (excludes halogenated alkanes) is 1. The van der Waals surface area contributed by atoms with Crippen LogP contribution in [0.4, 0.5) is 31.3 Å². The molecule has 9 amide bonds. The van der Waals surface area contributed by atoms with Crippen molar-refractivity contribution in [3.05, 3.63) is 67.3 Å². The van der Waals surface area contributed by atoms with Crippen LogP contribution in [0.5, 0.6) is 0 Å². The van der Waals surface area contributed by atoms with E-state index in [9.17, 15) is 47.8 Å². The molecule has 2 unspecified atom stereocenters. The highest BCUT2D eigenvalue weighted by Crippen LogP contribution is 2.59. The normalized spacial score (nSPS) is 25.5. The zero-order valence-corrected chi connectivity index (χ0v) is 53.3. The van der Waals surface area contributed by atoms with Crippen molar-refractivity contribution >= 4 is 125 Å². The second kappa shape index (κ2) is 29.9. The number of ether oxygens (including phenoxy) is 3. The highest BCUT2D eigenvalue weighted by molar-refractivity contribution is 8.44. The summed E-state index contributed by atoms with van der Waals surface area (Å²) >= 11 is 9.58. The van der Waals surface area contributed by atoms with Crippen molar-refractivity contribution in [2.75, 3.05) is 56.3 Å². The van der Waals surface area contributed by atoms with E-state index < -0.39 is 141 Å². The van der Waals surface area contributed by atoms with Gasteiger partial charge in [-0.3, -0.25) is 51.8 Å². The number of halogens is 1. The molecule has 12 atom stereocenters. The van der Waals surface area contributed by atoms with Gasteiger partial charge in [0.15, 0.2) is 40.8 Å². The zero-order valence-electron chi connectivity index (χ0n) is 49.8. The summed E-state index contributed by atoms with van der Waals surface area (Å²) in [5.74, 6) is -4.38. The quantitative estimate of drug-likeness (QED) is 0.0196. The molecule has 0 saturated carbocycles. The van der Waals surface area contributed by atoms with Crippen molar-refractivity contribution in [2.24, 2.45) is 17.6 Å². The smallest absolute Gasteiger partial charge is 0.409 e. The largest absolute Gasteiger partial charge is 0.445 e. The minimum atomic E-state index is -4.44. The van der Waals surface area contributed by atoms with Gasteiger partial charge in [-0.25, -0.2) is 48.4 Å². The van der Waals surface area contributed by atoms with E-state index in [0.29, 0.717) is 35.3 Å². The van der Waals surface area contributed by atoms with Gasteiger partial charge in [-0.15, -0.1) is 0 Å². The summed E-state index contributed by atoms with van der Waals surface area (Å²) in [5.41, 5.74) is 12.8. The fourth-order valence-electron chi connectivity index (χ4n) is 10.4. The molecule has 3 fully saturated rings. The van der Waals surface area contributed by atoms with E-state index in [0.717, 1.165) is 23.4 Å². The van der Waals surface area contributed by atoms with Gasteiger partial charge >= 0.3 is 25.6 Å². The number of carbonyl (C=O) groups excluding carboxylic acids is 8. The van der Waals surface area contributed by atoms with Crippen LogP contribution in [-0.2, 0) is 84.1 Å². The number of nitrogens with zero attached hydrogens (tertiary/aromatic N) is 10. The first-order valence-corrected chi connectivity index (χ1v) is 34.2. The van der Waals surface area contributed by atoms with Crippen LogP contribution in [0, 0.1) is 11.8 Å². The summed E-state index contributed by atoms with van der Waals surface area (Å²) in [6.07, 6.45) is -2.45. The van der Waals surface area contributed by atoms with Crippen LogP contribution in [-0.4, -0.2) is 184 Å². The van der Waals surface area contributed by atoms with Crippen molar-refractivity contribution in [3.8, 4) is 0 Å². The number of imide groups is 1. The Morgan fingerprint density at radius 1 is 0.837 bits per heavy atom. The number of hydrogen-bond donors (Lipinski definition) is 9. The summed E-state index contributed by atoms with van der Waals surface area (Å²) in [5, 5.41) is 13.2. The lowest BCUT2D eigenvalue weighted by Gasteiger charge is -2.29. The average Bonchev–Trinajstić information content (AvgIpc) is 1.63. The lowest BCUT2D eigenvalue weighted by molar-refractivity contribution is -0.137. The molecular weight excluding hydrogens is 1290 g/mol. The predicted octanol–water partition coefficient (Wildman–Crippen LogP) is 2.79. The SMILES string of the molecule is CC(C)[C@H](NC(=O)CCN1C(=O)C=CC1=O)C(=O)N[C@@H](CCCCNC(N)=O)C(=O)Nc1ccc(COC(=O)N(C)CCCC(=O)Nc2ncnc3c2ncn3[C@@H]2O[C@@H]3COP(O)(=S)O[C@H]4[C@@H](C)[C@H](n5cnc6c(N)ncnc65)O[C@@H]4COP(=O)(S)O[C@H]3[C@H]2F)cc1. The zero-order chi connectivity index (χ0) is 66.2. The molecular formula is C53H68FN17O17P2S2. The number of nitrogens with one attached hydrogen (secondary N) is 5. The van der Waals surface area contributed by atoms with E-state index in [1.54, 1.807) is 49.6 Å². The highest BCUT2D eigenvalue weighted by atomic mass is 32.7. The molecule has 4 aromatic heterocycles. The van der Waals surface area contributed by atoms with Gasteiger partial charge in [0, 0.05) is 63.3 Å². The number of amides is 9. The van der Waals surface area contributed by atoms with Gasteiger partial charge in [0.2, 0.25) is 23.6 Å². The molecule has 5 aromatic rings. The summed E-state index contributed by atoms with van der Waals surface area (Å²) in [7, 11) is 1.48. The van der Waals surface area contributed by atoms with Gasteiger partial charge in [-0.1, -0.05) is 45.2 Å². The third-order valence-corrected chi connectivity index (χ3v) is 18.3. The molecule has 4 aliphatic heterocycles. The minimum absolute atomic E-state index is 0.0121. The summed E-state index contributed by atoms with van der Waals surface area (Å²) in [4.78, 5) is 140. The molecule has 0 spiro atoms. The van der Waals surface area contributed by atoms with Crippen LogP contribution in [0.15, 0.2) is 61.7 Å². The van der Waals surface area contributed by atoms with Crippen LogP contribution in [0.1, 0.15) is 77.3 Å². The molecule has 0 aliphatic carbocycles. The van der Waals surface area contributed by atoms with Crippen LogP contribution in [0.3, 0.4) is 0 Å². The van der Waals surface area contributed by atoms with Crippen LogP contribution in [0.25, 0.3) is 22.3 Å². The fourth-order valence-corrected chi connectivity index (χ4v) is 13.4. The Labute approximate surface area is 534 Å². The minimum Gasteiger partial charge on any atom is -0.445 e. The first-order chi connectivity index (χ1) is 43.8. The topological polar surface area (TPSA) is 444 Å². The van der Waals surface area contributed by atoms with Gasteiger partial charge in [0.1, 0.15) is 67.5 Å². The molecule has 496 valence electrons. The van der Waals surface area contributed by atoms with Crippen molar-refractivity contribution in [1.82, 2.24) is 64.8 Å². The third-order valence-electron chi connectivity index (χ3n) is 15.2. The number of alkyl halides is 1. The van der Waals surface area contributed by atoms with Gasteiger partial charge in [-0.2, -0.15) is 0 Å². The van der Waals surface area contributed by atoms with Gasteiger partial charge in [0.05, 0.1) is 25.9 Å². The standard InChI is InChI=1S/C53H68FN17O17P2S2/c1-27(2)39(66-35(73)16-19-69-36(74)14-15-37(69)75)49(77)65-31(8-5-6-17-57-52(56)78)48(76)64-30-12-10-29(11-13-30)20-82-53(79)68(4)18-7-9-34(72)67-45-41-47(61-24-59-45)71(26-63-41)51-38(54)43-33(86-51)22-84-89(80,91)87-42-28(3)50(85-32(42)21-83-90(81,92)88-43)70-25-62-40-44(55)58-23-60-46(40)70/h10-15,23-28,31-33,38-39,42-43,50-51H,5-9,16-22H2,1-4H3,(H,64,76)(H,65,77)(H,66,73)(H,80,91)(H,81,92)(H2,55,58,60)(H3,56,57,78)(H,59,61,67,72)/t28-,31+,32-,33-,38-,39+,42+,43-,50-,51-,89?,90?/m1/s1. The molecule has 9 rings (SSSR count). The highest BCUT2D eigenvalue weighted by Gasteiger charge is 2.53. The fraction of sp³-hybridized carbons (Fsp3) is 0.509. The number of fused-ring (bicyclic) bond motifs is 4. The van der Waals surface area contributed by atoms with Crippen molar-refractivity contribution < 1.29 is 84.5 Å². The van der Waals surface area contributed by atoms with E-state index in [-0.39, 0.29) is 74.7 Å². The molecule has 0 bridgehead atoms. The second-order valence-electron chi connectivity index (χ2n) is 22.1. The number of nitrogens with two attached hydrogens (primary N) is 2. The lowest BCUT2D eigenvalue weighted by atomic mass is 10.0. The Kier molecular flexibility index (Phi) is 22.3. The third kappa shape index (κ3) is 16.9. The first-order valence-electron chi connectivity index (χ1n) is 28.9. The number of nitrogen functional groups attached to an aromatic ring is 1. The first kappa shape index (κ1) is 68.7. The summed E-state index contributed by atoms with van der Waals surface area (Å²) < 4.78 is 74.4. The maximum atomic E-state index is 16.8. The number of thiol groups is 1. The van der Waals surface area contributed by atoms with Crippen LogP contribution < -0.4 is 38.1 Å². The van der Waals surface area contributed by atoms with Gasteiger partial charge in [-0.05, 0) is 61.1 Å². The number of benzene rings is 1. The van der Waals surface area contributed by atoms with Crippen molar-refractivity contribution in [1.29, 1.82) is 0 Å². The maximum Gasteiger partial charge on any atom is 0.409 e. The van der Waals surface area contributed by atoms with Crippen molar-refractivity contribution in [3.63, 3.8) is 0 Å². The number of primary amides is 1. The molecule has 0 radical (unpaired) electrons. The number of anilines is 3. The summed E-state index contributed by atoms with van der Waals surface area (Å²) in [6, 6.07) is 3.45. The summed E-state index contributed by atoms with van der Waals surface area (Å²) in [6.45, 7) is -4.62. The maximum absolute atomic E-state index is 16.8. The van der Waals surface area contributed by atoms with E-state index >= 15 is 4.39 Å². The van der Waals surface area contributed by atoms with E-state index in [4.69, 9.17) is 55.6 Å². The second-order valence-corrected chi connectivity index (χ2v) is 27.8. The Morgan fingerprint density at radius 2 is 1.49 bits per heavy atom. The van der Waals surface area contributed by atoms with Gasteiger partial charge < -0.3 is 71.1 Å². The Bertz CT molecular complexity index is 3700. The molecule has 1 aromatic carbocycles. The van der Waals surface area contributed by atoms with Crippen LogP contribution in [0.2, 0.25) is 0 Å². The van der Waals surface area contributed by atoms with E-state index in [2.05, 4.69) is 68.7 Å². The average molecular weight is 1360 g/mol. The molecule has 92 heavy (non-hydrogen) atoms. The Hall–Kier alpha value is -7.70. The number of hydrogen-bond acceptors (Lipinski definition) is 24. The number of imidazole rings is 2. The number of rotatable bonds is 23. The molecule has 10 N–H and O–H groups in total. The van der Waals surface area contributed by atoms with E-state index in [1.165, 1.54) is 35.5 Å². The lowest BCUT2D eigenvalue weighted by Crippen LogP contribution is -2.54. The van der Waals surface area contributed by atoms with Gasteiger partial charge in [0.25, 0.3) is 11.8 Å². The number of urea groups is 1. The van der Waals surface area contributed by atoms with Crippen molar-refractivity contribution in [2.45, 2.75) is 121 Å². The van der Waals surface area contributed by atoms with E-state index in [1.807, 2.05) is 0 Å². The molecule has 34 nitrogen and oxygen atoms in total. The number of aromatic nitrogens is 8. The molecule has 8 heterocycles. The molecule has 3 saturated heterocycles.